The van der Waals surface area contributed by atoms with Gasteiger partial charge in [0.1, 0.15) is 11.6 Å². The van der Waals surface area contributed by atoms with Gasteiger partial charge in [-0.05, 0) is 42.8 Å². The van der Waals surface area contributed by atoms with Crippen LogP contribution in [0, 0.1) is 11.6 Å². The molecule has 0 radical (unpaired) electrons. The standard InChI is InChI=1S/C14H12ClF2NS/c15-11-3-1-2-9(6-7-18)14(11)19-13-8-10(16)4-5-12(13)17/h1-5,8H,6-7,18H2. The molecular weight excluding hydrogens is 288 g/mol. The molecule has 2 aromatic rings. The maximum Gasteiger partial charge on any atom is 0.137 e. The molecule has 0 aliphatic heterocycles. The molecule has 0 saturated carbocycles. The third kappa shape index (κ3) is 3.47. The summed E-state index contributed by atoms with van der Waals surface area (Å²) in [4.78, 5) is 0.936. The van der Waals surface area contributed by atoms with Crippen molar-refractivity contribution in [2.24, 2.45) is 5.73 Å². The van der Waals surface area contributed by atoms with E-state index in [9.17, 15) is 8.78 Å². The highest BCUT2D eigenvalue weighted by molar-refractivity contribution is 7.99. The summed E-state index contributed by atoms with van der Waals surface area (Å²) in [5, 5.41) is 0.514. The van der Waals surface area contributed by atoms with E-state index >= 15 is 0 Å². The summed E-state index contributed by atoms with van der Waals surface area (Å²) in [6.07, 6.45) is 0.639. The second-order valence-corrected chi connectivity index (χ2v) is 5.40. The highest BCUT2D eigenvalue weighted by atomic mass is 35.5. The molecule has 0 atom stereocenters. The maximum atomic E-state index is 13.6. The van der Waals surface area contributed by atoms with Crippen molar-refractivity contribution < 1.29 is 8.78 Å². The SMILES string of the molecule is NCCc1cccc(Cl)c1Sc1cc(F)ccc1F. The van der Waals surface area contributed by atoms with Crippen LogP contribution in [-0.4, -0.2) is 6.54 Å². The minimum Gasteiger partial charge on any atom is -0.330 e. The first-order valence-corrected chi connectivity index (χ1v) is 6.91. The Morgan fingerprint density at radius 1 is 1.16 bits per heavy atom. The van der Waals surface area contributed by atoms with E-state index in [0.717, 1.165) is 40.4 Å². The molecule has 0 heterocycles. The van der Waals surface area contributed by atoms with E-state index in [1.54, 1.807) is 6.07 Å². The molecule has 1 nitrogen and oxygen atoms in total. The largest absolute Gasteiger partial charge is 0.330 e. The lowest BCUT2D eigenvalue weighted by atomic mass is 10.1. The number of hydrogen-bond donors (Lipinski definition) is 1. The van der Waals surface area contributed by atoms with Gasteiger partial charge in [0, 0.05) is 4.90 Å². The molecule has 0 unspecified atom stereocenters. The zero-order valence-electron chi connectivity index (χ0n) is 10.00. The zero-order chi connectivity index (χ0) is 13.8. The minimum atomic E-state index is -0.476. The fourth-order valence-corrected chi connectivity index (χ4v) is 3.02. The van der Waals surface area contributed by atoms with E-state index in [-0.39, 0.29) is 4.90 Å². The Morgan fingerprint density at radius 2 is 1.95 bits per heavy atom. The van der Waals surface area contributed by atoms with Crippen LogP contribution < -0.4 is 5.73 Å². The molecule has 2 rings (SSSR count). The summed E-state index contributed by atoms with van der Waals surface area (Å²) in [5.74, 6) is -0.943. The van der Waals surface area contributed by atoms with Gasteiger partial charge in [0.05, 0.1) is 9.92 Å². The molecular formula is C14H12ClF2NS. The first-order chi connectivity index (χ1) is 9.11. The fraction of sp³-hybridized carbons (Fsp3) is 0.143. The molecule has 19 heavy (non-hydrogen) atoms. The van der Waals surface area contributed by atoms with Crippen LogP contribution in [0.5, 0.6) is 0 Å². The first kappa shape index (κ1) is 14.3. The lowest BCUT2D eigenvalue weighted by molar-refractivity contribution is 0.577. The van der Waals surface area contributed by atoms with Crippen LogP contribution >= 0.6 is 23.4 Å². The van der Waals surface area contributed by atoms with Crippen LogP contribution in [0.15, 0.2) is 46.2 Å². The molecule has 0 aliphatic rings. The Morgan fingerprint density at radius 3 is 2.68 bits per heavy atom. The first-order valence-electron chi connectivity index (χ1n) is 5.72. The van der Waals surface area contributed by atoms with Gasteiger partial charge in [-0.25, -0.2) is 8.78 Å². The van der Waals surface area contributed by atoms with Crippen molar-refractivity contribution in [1.82, 2.24) is 0 Å². The van der Waals surface area contributed by atoms with E-state index in [4.69, 9.17) is 17.3 Å². The molecule has 0 amide bonds. The van der Waals surface area contributed by atoms with E-state index in [2.05, 4.69) is 0 Å². The molecule has 0 aromatic heterocycles. The van der Waals surface area contributed by atoms with Gasteiger partial charge < -0.3 is 5.73 Å². The molecule has 0 bridgehead atoms. The molecule has 100 valence electrons. The van der Waals surface area contributed by atoms with Crippen molar-refractivity contribution in [3.05, 3.63) is 58.6 Å². The average molecular weight is 300 g/mol. The van der Waals surface area contributed by atoms with Crippen LogP contribution in [0.2, 0.25) is 5.02 Å². The highest BCUT2D eigenvalue weighted by Gasteiger charge is 2.12. The van der Waals surface area contributed by atoms with Crippen LogP contribution in [0.25, 0.3) is 0 Å². The van der Waals surface area contributed by atoms with Crippen LogP contribution in [-0.2, 0) is 6.42 Å². The molecule has 2 N–H and O–H groups in total. The Bertz CT molecular complexity index is 590. The van der Waals surface area contributed by atoms with Gasteiger partial charge in [-0.1, -0.05) is 35.5 Å². The lowest BCUT2D eigenvalue weighted by Crippen LogP contribution is -2.04. The van der Waals surface area contributed by atoms with Crippen molar-refractivity contribution in [3.8, 4) is 0 Å². The monoisotopic (exact) mass is 299 g/mol. The molecule has 5 heteroatoms. The van der Waals surface area contributed by atoms with Crippen molar-refractivity contribution in [1.29, 1.82) is 0 Å². The van der Waals surface area contributed by atoms with Crippen molar-refractivity contribution in [2.75, 3.05) is 6.54 Å². The van der Waals surface area contributed by atoms with Gasteiger partial charge >= 0.3 is 0 Å². The van der Waals surface area contributed by atoms with Gasteiger partial charge in [-0.3, -0.25) is 0 Å². The topological polar surface area (TPSA) is 26.0 Å². The number of halogens is 3. The Labute approximate surface area is 119 Å². The Balaban J connectivity index is 2.39. The molecule has 0 aliphatic carbocycles. The van der Waals surface area contributed by atoms with Gasteiger partial charge in [0.15, 0.2) is 0 Å². The van der Waals surface area contributed by atoms with Gasteiger partial charge in [-0.2, -0.15) is 0 Å². The maximum absolute atomic E-state index is 13.6. The smallest absolute Gasteiger partial charge is 0.137 e. The normalized spacial score (nSPS) is 10.7. The fourth-order valence-electron chi connectivity index (χ4n) is 1.69. The molecule has 0 fully saturated rings. The van der Waals surface area contributed by atoms with Gasteiger partial charge in [-0.15, -0.1) is 0 Å². The summed E-state index contributed by atoms with van der Waals surface area (Å²) in [6, 6.07) is 8.79. The number of hydrogen-bond acceptors (Lipinski definition) is 2. The number of benzene rings is 2. The Hall–Kier alpha value is -1.10. The third-order valence-corrected chi connectivity index (χ3v) is 4.21. The lowest BCUT2D eigenvalue weighted by Gasteiger charge is -2.11. The van der Waals surface area contributed by atoms with E-state index in [1.165, 1.54) is 0 Å². The number of rotatable bonds is 4. The predicted octanol–water partition coefficient (Wildman–Crippen LogP) is 4.27. The zero-order valence-corrected chi connectivity index (χ0v) is 11.6. The predicted molar refractivity (Wildman–Crippen MR) is 74.7 cm³/mol. The van der Waals surface area contributed by atoms with Crippen LogP contribution in [0.3, 0.4) is 0 Å². The minimum absolute atomic E-state index is 0.214. The van der Waals surface area contributed by atoms with Gasteiger partial charge in [0.2, 0.25) is 0 Å². The molecule has 0 saturated heterocycles. The summed E-state index contributed by atoms with van der Waals surface area (Å²) in [5.41, 5.74) is 6.47. The van der Waals surface area contributed by atoms with Gasteiger partial charge in [0.25, 0.3) is 0 Å². The molecule has 0 spiro atoms. The van der Waals surface area contributed by atoms with E-state index in [1.807, 2.05) is 12.1 Å². The van der Waals surface area contributed by atoms with E-state index in [0.29, 0.717) is 18.0 Å². The average Bonchev–Trinajstić information content (AvgIpc) is 2.38. The van der Waals surface area contributed by atoms with Crippen LogP contribution in [0.1, 0.15) is 5.56 Å². The summed E-state index contributed by atoms with van der Waals surface area (Å²) >= 11 is 7.25. The van der Waals surface area contributed by atoms with Crippen LogP contribution in [0.4, 0.5) is 8.78 Å². The number of nitrogens with two attached hydrogens (primary N) is 1. The van der Waals surface area contributed by atoms with Crippen molar-refractivity contribution in [2.45, 2.75) is 16.2 Å². The summed E-state index contributed by atoms with van der Waals surface area (Å²) in [7, 11) is 0. The van der Waals surface area contributed by atoms with E-state index < -0.39 is 11.6 Å². The summed E-state index contributed by atoms with van der Waals surface area (Å²) < 4.78 is 26.8. The Kier molecular flexibility index (Phi) is 4.80. The highest BCUT2D eigenvalue weighted by Crippen LogP contribution is 2.37. The second-order valence-electron chi connectivity index (χ2n) is 3.94. The quantitative estimate of drug-likeness (QED) is 0.912. The second kappa shape index (κ2) is 6.37. The van der Waals surface area contributed by atoms with Crippen molar-refractivity contribution in [3.63, 3.8) is 0 Å². The third-order valence-electron chi connectivity index (χ3n) is 2.57. The summed E-state index contributed by atoms with van der Waals surface area (Å²) in [6.45, 7) is 0.472. The van der Waals surface area contributed by atoms with Crippen molar-refractivity contribution >= 4 is 23.4 Å². The molecule has 2 aromatic carbocycles.